The molecule has 3 aromatic carbocycles. The molecule has 1 aliphatic rings. The predicted molar refractivity (Wildman–Crippen MR) is 113 cm³/mol. The summed E-state index contributed by atoms with van der Waals surface area (Å²) >= 11 is 0. The van der Waals surface area contributed by atoms with Crippen molar-refractivity contribution in [2.24, 2.45) is 0 Å². The van der Waals surface area contributed by atoms with E-state index in [0.717, 1.165) is 5.39 Å². The molecule has 1 atom stereocenters. The van der Waals surface area contributed by atoms with Gasteiger partial charge in [0.25, 0.3) is 5.91 Å². The van der Waals surface area contributed by atoms with Gasteiger partial charge in [-0.2, -0.15) is 0 Å². The molecule has 3 aromatic rings. The zero-order valence-electron chi connectivity index (χ0n) is 16.5. The molecule has 2 amide bonds. The average molecular weight is 404 g/mol. The van der Waals surface area contributed by atoms with E-state index in [1.807, 2.05) is 18.2 Å². The van der Waals surface area contributed by atoms with Crippen LogP contribution in [0.5, 0.6) is 5.75 Å². The molecule has 1 N–H and O–H groups in total. The Labute approximate surface area is 173 Å². The van der Waals surface area contributed by atoms with Crippen LogP contribution in [0.25, 0.3) is 10.8 Å². The number of benzene rings is 3. The van der Waals surface area contributed by atoms with Gasteiger partial charge >= 0.3 is 5.97 Å². The van der Waals surface area contributed by atoms with E-state index in [1.54, 1.807) is 49.6 Å². The van der Waals surface area contributed by atoms with E-state index in [0.29, 0.717) is 28.1 Å². The van der Waals surface area contributed by atoms with Crippen molar-refractivity contribution < 1.29 is 23.9 Å². The van der Waals surface area contributed by atoms with E-state index in [9.17, 15) is 14.4 Å². The lowest BCUT2D eigenvalue weighted by molar-refractivity contribution is -0.128. The van der Waals surface area contributed by atoms with Crippen LogP contribution in [0, 0.1) is 0 Å². The van der Waals surface area contributed by atoms with Crippen LogP contribution < -0.4 is 15.0 Å². The first-order valence-corrected chi connectivity index (χ1v) is 9.46. The third-order valence-corrected chi connectivity index (χ3v) is 4.99. The molecule has 152 valence electrons. The molecule has 7 nitrogen and oxygen atoms in total. The molecule has 0 fully saturated rings. The highest BCUT2D eigenvalue weighted by atomic mass is 16.5. The lowest BCUT2D eigenvalue weighted by Crippen LogP contribution is -2.47. The molecule has 1 aliphatic heterocycles. The van der Waals surface area contributed by atoms with E-state index < -0.39 is 18.0 Å². The Bertz CT molecular complexity index is 1160. The van der Waals surface area contributed by atoms with Gasteiger partial charge in [0, 0.05) is 5.39 Å². The third-order valence-electron chi connectivity index (χ3n) is 4.99. The van der Waals surface area contributed by atoms with Crippen LogP contribution in [0.2, 0.25) is 0 Å². The maximum atomic E-state index is 13.0. The topological polar surface area (TPSA) is 84.9 Å². The molecule has 0 bridgehead atoms. The fraction of sp³-hybridized carbons (Fsp3) is 0.174. The van der Waals surface area contributed by atoms with Gasteiger partial charge in [-0.3, -0.25) is 14.5 Å². The first-order chi connectivity index (χ1) is 14.5. The number of carbonyl (C=O) groups is 3. The standard InChI is InChI=1S/C23H20N2O5/c1-14(22(27)25-13-21(26)24-18-9-5-6-10-19(18)25)30-23(28)17-11-12-20(29-2)16-8-4-3-7-15(16)17/h3-12,14H,13H2,1-2H3,(H,24,26)/t14-/m0/s1. The van der Waals surface area contributed by atoms with E-state index in [-0.39, 0.29) is 12.5 Å². The monoisotopic (exact) mass is 404 g/mol. The summed E-state index contributed by atoms with van der Waals surface area (Å²) < 4.78 is 10.8. The minimum absolute atomic E-state index is 0.136. The van der Waals surface area contributed by atoms with Crippen molar-refractivity contribution in [1.82, 2.24) is 0 Å². The van der Waals surface area contributed by atoms with Crippen molar-refractivity contribution in [2.75, 3.05) is 23.9 Å². The first-order valence-electron chi connectivity index (χ1n) is 9.46. The smallest absolute Gasteiger partial charge is 0.339 e. The lowest BCUT2D eigenvalue weighted by atomic mass is 10.0. The molecule has 30 heavy (non-hydrogen) atoms. The number of rotatable bonds is 4. The van der Waals surface area contributed by atoms with Crippen LogP contribution in [-0.2, 0) is 14.3 Å². The Balaban J connectivity index is 1.58. The van der Waals surface area contributed by atoms with E-state index in [1.165, 1.54) is 11.8 Å². The number of fused-ring (bicyclic) bond motifs is 2. The van der Waals surface area contributed by atoms with Gasteiger partial charge in [-0.05, 0) is 36.6 Å². The number of methoxy groups -OCH3 is 1. The molecule has 0 unspecified atom stereocenters. The van der Waals surface area contributed by atoms with Gasteiger partial charge in [0.2, 0.25) is 5.91 Å². The SMILES string of the molecule is COc1ccc(C(=O)O[C@@H](C)C(=O)N2CC(=O)Nc3ccccc32)c2ccccc12. The summed E-state index contributed by atoms with van der Waals surface area (Å²) in [6.07, 6.45) is -1.07. The fourth-order valence-electron chi connectivity index (χ4n) is 3.55. The maximum absolute atomic E-state index is 13.0. The van der Waals surface area contributed by atoms with Gasteiger partial charge in [-0.1, -0.05) is 36.4 Å². The molecule has 0 aliphatic carbocycles. The highest BCUT2D eigenvalue weighted by Gasteiger charge is 2.31. The lowest BCUT2D eigenvalue weighted by Gasteiger charge is -2.30. The van der Waals surface area contributed by atoms with Crippen molar-refractivity contribution in [2.45, 2.75) is 13.0 Å². The molecule has 0 aromatic heterocycles. The van der Waals surface area contributed by atoms with Crippen molar-refractivity contribution >= 4 is 39.9 Å². The second-order valence-corrected chi connectivity index (χ2v) is 6.90. The number of carbonyl (C=O) groups excluding carboxylic acids is 3. The Morgan fingerprint density at radius 2 is 1.70 bits per heavy atom. The summed E-state index contributed by atoms with van der Waals surface area (Å²) in [7, 11) is 1.56. The van der Waals surface area contributed by atoms with Crippen molar-refractivity contribution in [3.8, 4) is 5.75 Å². The molecule has 0 saturated heterocycles. The Kier molecular flexibility index (Phi) is 5.10. The molecule has 7 heteroatoms. The quantitative estimate of drug-likeness (QED) is 0.674. The normalized spacial score (nSPS) is 13.9. The molecule has 1 heterocycles. The summed E-state index contributed by atoms with van der Waals surface area (Å²) in [4.78, 5) is 39.2. The number of hydrogen-bond acceptors (Lipinski definition) is 5. The number of amides is 2. The van der Waals surface area contributed by atoms with Crippen molar-refractivity contribution in [3.05, 3.63) is 66.2 Å². The largest absolute Gasteiger partial charge is 0.496 e. The van der Waals surface area contributed by atoms with Gasteiger partial charge < -0.3 is 14.8 Å². The second kappa shape index (κ2) is 7.87. The van der Waals surface area contributed by atoms with Gasteiger partial charge in [-0.15, -0.1) is 0 Å². The molecule has 0 saturated carbocycles. The van der Waals surface area contributed by atoms with Crippen LogP contribution in [0.4, 0.5) is 11.4 Å². The van der Waals surface area contributed by atoms with Crippen LogP contribution in [-0.4, -0.2) is 37.5 Å². The van der Waals surface area contributed by atoms with E-state index in [2.05, 4.69) is 5.32 Å². The fourth-order valence-corrected chi connectivity index (χ4v) is 3.55. The molecular formula is C23H20N2O5. The minimum atomic E-state index is -1.07. The van der Waals surface area contributed by atoms with Crippen LogP contribution in [0.1, 0.15) is 17.3 Å². The van der Waals surface area contributed by atoms with Crippen LogP contribution >= 0.6 is 0 Å². The predicted octanol–water partition coefficient (Wildman–Crippen LogP) is 3.38. The summed E-state index contributed by atoms with van der Waals surface area (Å²) in [6.45, 7) is 1.37. The zero-order valence-corrected chi connectivity index (χ0v) is 16.5. The number of esters is 1. The summed E-state index contributed by atoms with van der Waals surface area (Å²) in [5, 5.41) is 4.17. The molecule has 0 spiro atoms. The van der Waals surface area contributed by atoms with Crippen molar-refractivity contribution in [1.29, 1.82) is 0 Å². The van der Waals surface area contributed by atoms with Crippen LogP contribution in [0.3, 0.4) is 0 Å². The Morgan fingerprint density at radius 1 is 1.00 bits per heavy atom. The minimum Gasteiger partial charge on any atom is -0.496 e. The number of ether oxygens (including phenoxy) is 2. The number of anilines is 2. The summed E-state index contributed by atoms with van der Waals surface area (Å²) in [5.41, 5.74) is 1.45. The Morgan fingerprint density at radius 3 is 2.47 bits per heavy atom. The number of hydrogen-bond donors (Lipinski definition) is 1. The Hall–Kier alpha value is -3.87. The number of nitrogens with zero attached hydrogens (tertiary/aromatic N) is 1. The summed E-state index contributed by atoms with van der Waals surface area (Å²) in [6, 6.07) is 17.6. The zero-order chi connectivity index (χ0) is 21.3. The highest BCUT2D eigenvalue weighted by molar-refractivity contribution is 6.12. The summed E-state index contributed by atoms with van der Waals surface area (Å²) in [5.74, 6) is -0.753. The molecule has 0 radical (unpaired) electrons. The van der Waals surface area contributed by atoms with Crippen LogP contribution in [0.15, 0.2) is 60.7 Å². The van der Waals surface area contributed by atoms with Crippen molar-refractivity contribution in [3.63, 3.8) is 0 Å². The third kappa shape index (κ3) is 3.45. The second-order valence-electron chi connectivity index (χ2n) is 6.90. The first kappa shape index (κ1) is 19.4. The van der Waals surface area contributed by atoms with Gasteiger partial charge in [-0.25, -0.2) is 4.79 Å². The van der Waals surface area contributed by atoms with Gasteiger partial charge in [0.05, 0.1) is 24.0 Å². The maximum Gasteiger partial charge on any atom is 0.339 e. The number of nitrogens with one attached hydrogen (secondary N) is 1. The van der Waals surface area contributed by atoms with Gasteiger partial charge in [0.1, 0.15) is 12.3 Å². The molecular weight excluding hydrogens is 384 g/mol. The molecule has 4 rings (SSSR count). The van der Waals surface area contributed by atoms with Gasteiger partial charge in [0.15, 0.2) is 6.10 Å². The van der Waals surface area contributed by atoms with E-state index in [4.69, 9.17) is 9.47 Å². The van der Waals surface area contributed by atoms with E-state index >= 15 is 0 Å². The highest BCUT2D eigenvalue weighted by Crippen LogP contribution is 2.31. The average Bonchev–Trinajstić information content (AvgIpc) is 2.77. The number of para-hydroxylation sites is 2.